The van der Waals surface area contributed by atoms with E-state index < -0.39 is 0 Å². The second-order valence-electron chi connectivity index (χ2n) is 0. The van der Waals surface area contributed by atoms with E-state index in [1.54, 1.807) is 0 Å². The van der Waals surface area contributed by atoms with E-state index in [9.17, 15) is 0 Å². The zero-order chi connectivity index (χ0) is 0. The van der Waals surface area contributed by atoms with E-state index in [0.717, 1.165) is 0 Å². The first-order valence-corrected chi connectivity index (χ1v) is 0. The summed E-state index contributed by atoms with van der Waals surface area (Å²) in [6, 6.07) is 0. The monoisotopic (exact) mass is 280 g/mol. The summed E-state index contributed by atoms with van der Waals surface area (Å²) >= 11 is 0. The van der Waals surface area contributed by atoms with Gasteiger partial charge in [-0.3, -0.25) is 0 Å². The Kier molecular flexibility index (Phi) is 305. The van der Waals surface area contributed by atoms with Crippen LogP contribution >= 0.6 is 0 Å². The van der Waals surface area contributed by atoms with Crippen molar-refractivity contribution < 1.29 is 84.8 Å². The predicted octanol–water partition coefficient (Wildman–Crippen LogP) is -0.0125. The molecule has 0 nitrogen and oxygen atoms in total. The minimum absolute atomic E-state index is 0. The third-order valence-corrected chi connectivity index (χ3v) is 0. The molecule has 5 heavy (non-hydrogen) atoms. The average Bonchev–Trinajstić information content (AvgIpc) is 0. The van der Waals surface area contributed by atoms with Gasteiger partial charge in [0.05, 0.1) is 0 Å². The van der Waals surface area contributed by atoms with E-state index in [2.05, 4.69) is 0 Å². The molecule has 0 rings (SSSR count). The van der Waals surface area contributed by atoms with Gasteiger partial charge in [-0.25, -0.2) is 0 Å². The average molecular weight is 280 g/mol. The zero-order valence-corrected chi connectivity index (χ0v) is 7.38. The number of hydrogen-bond acceptors (Lipinski definition) is 0. The van der Waals surface area contributed by atoms with Gasteiger partial charge in [-0.05, 0) is 0 Å². The predicted molar refractivity (Wildman–Crippen MR) is 0 cm³/mol. The molecule has 0 bridgehead atoms. The van der Waals surface area contributed by atoms with Gasteiger partial charge in [0.15, 0.2) is 0 Å². The SMILES string of the molecule is [Co].[Cr].[Fe].[Mn].[Ni]. The molecule has 2 radical (unpaired) electrons. The van der Waals surface area contributed by atoms with Gasteiger partial charge in [0.2, 0.25) is 0 Å². The second-order valence-corrected chi connectivity index (χ2v) is 0. The summed E-state index contributed by atoms with van der Waals surface area (Å²) in [5.74, 6) is 0. The maximum Gasteiger partial charge on any atom is 0 e. The Morgan fingerprint density at radius 1 is 1.00 bits per heavy atom. The first kappa shape index (κ1) is 49.4. The summed E-state index contributed by atoms with van der Waals surface area (Å²) in [5, 5.41) is 0. The van der Waals surface area contributed by atoms with Gasteiger partial charge < -0.3 is 0 Å². The van der Waals surface area contributed by atoms with E-state index >= 15 is 0 Å². The Labute approximate surface area is 83.8 Å². The molecule has 0 N–H and O–H groups in total. The molecule has 0 spiro atoms. The van der Waals surface area contributed by atoms with Gasteiger partial charge in [0.25, 0.3) is 0 Å². The Morgan fingerprint density at radius 3 is 1.00 bits per heavy atom. The van der Waals surface area contributed by atoms with Gasteiger partial charge in [0.1, 0.15) is 0 Å². The standard InChI is InChI=1S/Co.Cr.Fe.Mn.Ni. The van der Waals surface area contributed by atoms with Crippen LogP contribution in [0.1, 0.15) is 0 Å². The van der Waals surface area contributed by atoms with Crippen molar-refractivity contribution >= 4 is 0 Å². The number of rotatable bonds is 0. The summed E-state index contributed by atoms with van der Waals surface area (Å²) in [7, 11) is 0. The Bertz CT molecular complexity index is 11.6. The van der Waals surface area contributed by atoms with E-state index in [1.807, 2.05) is 0 Å². The van der Waals surface area contributed by atoms with Crippen molar-refractivity contribution in [3.8, 4) is 0 Å². The Morgan fingerprint density at radius 2 is 1.00 bits per heavy atom. The van der Waals surface area contributed by atoms with Crippen LogP contribution in [0.25, 0.3) is 0 Å². The second kappa shape index (κ2) is 30.8. The maximum absolute atomic E-state index is 0. The van der Waals surface area contributed by atoms with Crippen LogP contribution in [-0.2, 0) is 84.8 Å². The van der Waals surface area contributed by atoms with E-state index in [4.69, 9.17) is 0 Å². The molecule has 0 aromatic heterocycles. The van der Waals surface area contributed by atoms with Crippen molar-refractivity contribution in [3.63, 3.8) is 0 Å². The molecule has 0 saturated carbocycles. The van der Waals surface area contributed by atoms with Gasteiger partial charge in [-0.15, -0.1) is 0 Å². The first-order chi connectivity index (χ1) is 0. The van der Waals surface area contributed by atoms with Crippen molar-refractivity contribution in [1.82, 2.24) is 0 Å². The van der Waals surface area contributed by atoms with Gasteiger partial charge in [0, 0.05) is 84.8 Å². The summed E-state index contributed by atoms with van der Waals surface area (Å²) < 4.78 is 0. The van der Waals surface area contributed by atoms with Crippen LogP contribution in [0.3, 0.4) is 0 Å². The molecule has 0 aliphatic rings. The summed E-state index contributed by atoms with van der Waals surface area (Å²) in [6.45, 7) is 0. The Hall–Kier alpha value is 2.57. The van der Waals surface area contributed by atoms with Crippen LogP contribution in [0.5, 0.6) is 0 Å². The zero-order valence-electron chi connectivity index (χ0n) is 1.79. The van der Waals surface area contributed by atoms with Crippen LogP contribution < -0.4 is 0 Å². The normalized spacial score (nSPS) is 0. The van der Waals surface area contributed by atoms with Gasteiger partial charge >= 0.3 is 0 Å². The summed E-state index contributed by atoms with van der Waals surface area (Å²) in [4.78, 5) is 0. The topological polar surface area (TPSA) is 0 Å². The maximum atomic E-state index is 0. The van der Waals surface area contributed by atoms with E-state index in [-0.39, 0.29) is 84.8 Å². The third-order valence-electron chi connectivity index (χ3n) is 0. The minimum atomic E-state index is 0. The molecule has 0 aromatic carbocycles. The van der Waals surface area contributed by atoms with Crippen LogP contribution in [-0.4, -0.2) is 0 Å². The largest absolute Gasteiger partial charge is 0 e. The smallest absolute Gasteiger partial charge is 0 e. The molecule has 0 aromatic rings. The van der Waals surface area contributed by atoms with Crippen LogP contribution in [0.4, 0.5) is 0 Å². The molecule has 5 heteroatoms. The molecule has 40 valence electrons. The van der Waals surface area contributed by atoms with E-state index in [0.29, 0.717) is 0 Å². The van der Waals surface area contributed by atoms with Crippen molar-refractivity contribution in [2.45, 2.75) is 0 Å². The van der Waals surface area contributed by atoms with Gasteiger partial charge in [-0.2, -0.15) is 0 Å². The molecular weight excluding hydrogens is 280 g/mol. The van der Waals surface area contributed by atoms with Crippen molar-refractivity contribution in [3.05, 3.63) is 0 Å². The van der Waals surface area contributed by atoms with Crippen molar-refractivity contribution in [1.29, 1.82) is 0 Å². The van der Waals surface area contributed by atoms with Crippen LogP contribution in [0, 0.1) is 0 Å². The molecule has 0 unspecified atom stereocenters. The molecule has 0 aliphatic heterocycles. The molecule has 0 saturated heterocycles. The quantitative estimate of drug-likeness (QED) is 0.548. The van der Waals surface area contributed by atoms with Crippen LogP contribution in [0.15, 0.2) is 0 Å². The fraction of sp³-hybridized carbons (Fsp3) is 0. The molecule has 0 atom stereocenters. The third kappa shape index (κ3) is 20.8. The molecule has 0 aliphatic carbocycles. The number of hydrogen-bond donors (Lipinski definition) is 0. The minimum Gasteiger partial charge on any atom is 0 e. The fourth-order valence-corrected chi connectivity index (χ4v) is 0. The Balaban J connectivity index is 0. The van der Waals surface area contributed by atoms with Crippen molar-refractivity contribution in [2.24, 2.45) is 0 Å². The first-order valence-electron chi connectivity index (χ1n) is 0. The molecule has 0 fully saturated rings. The molecule has 0 amide bonds. The van der Waals surface area contributed by atoms with E-state index in [1.165, 1.54) is 0 Å². The van der Waals surface area contributed by atoms with Gasteiger partial charge in [-0.1, -0.05) is 0 Å². The van der Waals surface area contributed by atoms with Crippen LogP contribution in [0.2, 0.25) is 0 Å². The molecular formula is CoCrFeMnNi. The van der Waals surface area contributed by atoms with Crippen molar-refractivity contribution in [2.75, 3.05) is 0 Å². The fourth-order valence-electron chi connectivity index (χ4n) is 0. The summed E-state index contributed by atoms with van der Waals surface area (Å²) in [5.41, 5.74) is 0. The molecule has 0 heterocycles. The summed E-state index contributed by atoms with van der Waals surface area (Å²) in [6.07, 6.45) is 0.